The first-order chi connectivity index (χ1) is 12.3. The Hall–Kier alpha value is -2.83. The molecule has 2 aliphatic heterocycles. The molecule has 0 N–H and O–H groups in total. The quantitative estimate of drug-likeness (QED) is 0.718. The van der Waals surface area contributed by atoms with E-state index >= 15 is 0 Å². The lowest BCUT2D eigenvalue weighted by Gasteiger charge is -2.38. The zero-order chi connectivity index (χ0) is 16.8. The average Bonchev–Trinajstić information content (AvgIpc) is 3.27. The lowest BCUT2D eigenvalue weighted by Crippen LogP contribution is -2.47. The third-order valence-corrected chi connectivity index (χ3v) is 5.43. The molecule has 7 nitrogen and oxygen atoms in total. The number of hydrogen-bond donors (Lipinski definition) is 0. The van der Waals surface area contributed by atoms with Crippen LogP contribution in [0.2, 0.25) is 0 Å². The third-order valence-electron chi connectivity index (χ3n) is 5.43. The number of nitrogens with zero attached hydrogens (tertiary/aromatic N) is 6. The summed E-state index contributed by atoms with van der Waals surface area (Å²) in [4.78, 5) is 24.0. The van der Waals surface area contributed by atoms with Crippen LogP contribution in [-0.2, 0) is 0 Å². The Balaban J connectivity index is 1.42. The summed E-state index contributed by atoms with van der Waals surface area (Å²) in [6, 6.07) is 8.45. The highest BCUT2D eigenvalue weighted by molar-refractivity contribution is 5.94. The molecule has 0 radical (unpaired) electrons. The maximum absolute atomic E-state index is 13.1. The Morgan fingerprint density at radius 2 is 1.80 bits per heavy atom. The van der Waals surface area contributed by atoms with Gasteiger partial charge in [0.25, 0.3) is 5.91 Å². The van der Waals surface area contributed by atoms with Crippen molar-refractivity contribution < 1.29 is 4.79 Å². The number of fused-ring (bicyclic) bond motifs is 3. The largest absolute Gasteiger partial charge is 0.331 e. The van der Waals surface area contributed by atoms with Crippen LogP contribution in [0, 0.1) is 0 Å². The molecule has 25 heavy (non-hydrogen) atoms. The zero-order valence-electron chi connectivity index (χ0n) is 13.7. The van der Waals surface area contributed by atoms with E-state index in [1.54, 1.807) is 12.4 Å². The van der Waals surface area contributed by atoms with Gasteiger partial charge in [-0.1, -0.05) is 17.3 Å². The van der Waals surface area contributed by atoms with Crippen LogP contribution in [-0.4, -0.2) is 47.9 Å². The fraction of sp³-hybridized carbons (Fsp3) is 0.389. The van der Waals surface area contributed by atoms with E-state index < -0.39 is 0 Å². The second-order valence-electron chi connectivity index (χ2n) is 6.85. The second kappa shape index (κ2) is 5.61. The monoisotopic (exact) mass is 334 g/mol. The Bertz CT molecular complexity index is 910. The first-order valence-corrected chi connectivity index (χ1v) is 8.70. The molecular weight excluding hydrogens is 316 g/mol. The summed E-state index contributed by atoms with van der Waals surface area (Å²) in [5.41, 5.74) is 2.01. The topological polar surface area (TPSA) is 76.8 Å². The highest BCUT2D eigenvalue weighted by atomic mass is 16.2. The van der Waals surface area contributed by atoms with Gasteiger partial charge in [0.05, 0.1) is 29.5 Å². The molecule has 5 rings (SSSR count). The highest BCUT2D eigenvalue weighted by Crippen LogP contribution is 2.41. The van der Waals surface area contributed by atoms with E-state index in [2.05, 4.69) is 20.3 Å². The molecule has 126 valence electrons. The lowest BCUT2D eigenvalue weighted by molar-refractivity contribution is 0.0517. The molecule has 2 bridgehead atoms. The number of aromatic nitrogens is 5. The predicted octanol–water partition coefficient (Wildman–Crippen LogP) is 2.23. The molecule has 7 heteroatoms. The minimum atomic E-state index is 0.00259. The number of carbonyl (C=O) groups excluding carboxylic acids is 1. The molecule has 2 saturated heterocycles. The number of benzene rings is 1. The van der Waals surface area contributed by atoms with Gasteiger partial charge in [0.15, 0.2) is 0 Å². The van der Waals surface area contributed by atoms with Crippen LogP contribution in [0.25, 0.3) is 11.0 Å². The molecule has 0 saturated carbocycles. The number of amides is 1. The second-order valence-corrected chi connectivity index (χ2v) is 6.85. The van der Waals surface area contributed by atoms with Crippen LogP contribution in [0.5, 0.6) is 0 Å². The van der Waals surface area contributed by atoms with Crippen molar-refractivity contribution in [2.45, 2.75) is 43.8 Å². The summed E-state index contributed by atoms with van der Waals surface area (Å²) < 4.78 is 1.93. The Labute approximate surface area is 144 Å². The number of rotatable bonds is 2. The van der Waals surface area contributed by atoms with Gasteiger partial charge in [-0.15, -0.1) is 5.10 Å². The summed E-state index contributed by atoms with van der Waals surface area (Å²) >= 11 is 0. The van der Waals surface area contributed by atoms with E-state index in [0.717, 1.165) is 36.7 Å². The van der Waals surface area contributed by atoms with Gasteiger partial charge in [0.1, 0.15) is 5.69 Å². The van der Waals surface area contributed by atoms with Crippen LogP contribution in [0.15, 0.2) is 42.9 Å². The Morgan fingerprint density at radius 1 is 1.04 bits per heavy atom. The summed E-state index contributed by atoms with van der Waals surface area (Å²) in [6.07, 6.45) is 9.17. The maximum Gasteiger partial charge on any atom is 0.274 e. The van der Waals surface area contributed by atoms with Crippen molar-refractivity contribution in [3.63, 3.8) is 0 Å². The number of piperidine rings is 1. The molecule has 2 aromatic heterocycles. The first kappa shape index (κ1) is 14.5. The predicted molar refractivity (Wildman–Crippen MR) is 90.8 cm³/mol. The fourth-order valence-corrected chi connectivity index (χ4v) is 4.30. The van der Waals surface area contributed by atoms with Crippen molar-refractivity contribution >= 4 is 16.9 Å². The molecular formula is C18H18N6O. The Morgan fingerprint density at radius 3 is 2.52 bits per heavy atom. The van der Waals surface area contributed by atoms with Gasteiger partial charge in [-0.2, -0.15) is 0 Å². The third kappa shape index (κ3) is 2.38. The van der Waals surface area contributed by atoms with Gasteiger partial charge < -0.3 is 4.90 Å². The number of hydrogen-bond acceptors (Lipinski definition) is 5. The van der Waals surface area contributed by atoms with Crippen LogP contribution < -0.4 is 0 Å². The summed E-state index contributed by atoms with van der Waals surface area (Å²) in [5.74, 6) is 0.00259. The van der Waals surface area contributed by atoms with Crippen molar-refractivity contribution in [1.82, 2.24) is 29.9 Å². The van der Waals surface area contributed by atoms with E-state index in [9.17, 15) is 4.79 Å². The van der Waals surface area contributed by atoms with Crippen molar-refractivity contribution in [2.75, 3.05) is 0 Å². The molecule has 3 aromatic rings. The minimum Gasteiger partial charge on any atom is -0.331 e. The molecule has 2 unspecified atom stereocenters. The maximum atomic E-state index is 13.1. The molecule has 4 heterocycles. The van der Waals surface area contributed by atoms with Crippen LogP contribution in [0.1, 0.15) is 42.2 Å². The molecule has 1 aromatic carbocycles. The molecule has 2 fully saturated rings. The Kier molecular flexibility index (Phi) is 3.26. The van der Waals surface area contributed by atoms with E-state index in [-0.39, 0.29) is 18.0 Å². The van der Waals surface area contributed by atoms with Gasteiger partial charge in [-0.05, 0) is 37.8 Å². The van der Waals surface area contributed by atoms with E-state index in [4.69, 9.17) is 0 Å². The van der Waals surface area contributed by atoms with Crippen LogP contribution in [0.4, 0.5) is 0 Å². The molecule has 0 spiro atoms. The van der Waals surface area contributed by atoms with E-state index in [1.165, 1.54) is 0 Å². The van der Waals surface area contributed by atoms with Crippen molar-refractivity contribution in [1.29, 1.82) is 0 Å². The van der Waals surface area contributed by atoms with E-state index in [0.29, 0.717) is 11.7 Å². The molecule has 2 atom stereocenters. The van der Waals surface area contributed by atoms with Crippen LogP contribution in [0.3, 0.4) is 0 Å². The normalized spacial score (nSPS) is 25.4. The van der Waals surface area contributed by atoms with E-state index in [1.807, 2.05) is 40.0 Å². The smallest absolute Gasteiger partial charge is 0.274 e. The van der Waals surface area contributed by atoms with Gasteiger partial charge >= 0.3 is 0 Å². The van der Waals surface area contributed by atoms with Crippen LogP contribution >= 0.6 is 0 Å². The summed E-state index contributed by atoms with van der Waals surface area (Å²) in [5, 5.41) is 8.05. The highest BCUT2D eigenvalue weighted by Gasteiger charge is 2.44. The minimum absolute atomic E-state index is 0.00259. The van der Waals surface area contributed by atoms with Gasteiger partial charge in [-0.3, -0.25) is 9.78 Å². The van der Waals surface area contributed by atoms with Gasteiger partial charge in [0.2, 0.25) is 0 Å². The molecule has 0 aliphatic carbocycles. The molecule has 2 aliphatic rings. The van der Waals surface area contributed by atoms with Gasteiger partial charge in [0, 0.05) is 18.3 Å². The lowest BCUT2D eigenvalue weighted by atomic mass is 9.97. The van der Waals surface area contributed by atoms with Crippen molar-refractivity contribution in [3.05, 3.63) is 48.5 Å². The zero-order valence-corrected chi connectivity index (χ0v) is 13.7. The van der Waals surface area contributed by atoms with Crippen molar-refractivity contribution in [2.24, 2.45) is 0 Å². The standard InChI is InChI=1S/C18H18N6O/c25-18(17-11-19-15-3-1-2-4-16(15)21-17)24-12-5-6-13(24)10-14(9-12)23-8-7-20-22-23/h1-4,7-8,11-14H,5-6,9-10H2. The van der Waals surface area contributed by atoms with Gasteiger partial charge in [-0.25, -0.2) is 9.67 Å². The van der Waals surface area contributed by atoms with Crippen molar-refractivity contribution in [3.8, 4) is 0 Å². The average molecular weight is 334 g/mol. The summed E-state index contributed by atoms with van der Waals surface area (Å²) in [6.45, 7) is 0. The molecule has 1 amide bonds. The summed E-state index contributed by atoms with van der Waals surface area (Å²) in [7, 11) is 0. The SMILES string of the molecule is O=C(c1cnc2ccccc2n1)N1C2CCC1CC(n1ccnn1)C2. The number of carbonyl (C=O) groups is 1. The number of para-hydroxylation sites is 2. The first-order valence-electron chi connectivity index (χ1n) is 8.70. The fourth-order valence-electron chi connectivity index (χ4n) is 4.30.